The number of ether oxygens (including phenoxy) is 1. The van der Waals surface area contributed by atoms with E-state index < -0.39 is 18.0 Å². The number of hydrogen-bond donors (Lipinski definition) is 3. The highest BCUT2D eigenvalue weighted by Gasteiger charge is 2.09. The number of amides is 2. The summed E-state index contributed by atoms with van der Waals surface area (Å²) in [5, 5.41) is 13.4. The first-order chi connectivity index (χ1) is 9.02. The van der Waals surface area contributed by atoms with E-state index in [9.17, 15) is 14.4 Å². The molecule has 0 radical (unpaired) electrons. The van der Waals surface area contributed by atoms with Crippen LogP contribution in [0.4, 0.5) is 4.79 Å². The van der Waals surface area contributed by atoms with Crippen LogP contribution in [0.3, 0.4) is 0 Å². The van der Waals surface area contributed by atoms with Gasteiger partial charge in [-0.05, 0) is 12.1 Å². The van der Waals surface area contributed by atoms with E-state index in [2.05, 4.69) is 15.4 Å². The summed E-state index contributed by atoms with van der Waals surface area (Å²) in [4.78, 5) is 34.0. The first kappa shape index (κ1) is 15.0. The van der Waals surface area contributed by atoms with Crippen LogP contribution in [0.2, 0.25) is 0 Å². The fourth-order valence-corrected chi connectivity index (χ4v) is 2.06. The van der Waals surface area contributed by atoms with Gasteiger partial charge in [-0.2, -0.15) is 0 Å². The molecule has 0 bridgehead atoms. The number of carboxylic acid groups (broad SMARTS) is 1. The molecule has 0 aliphatic heterocycles. The fraction of sp³-hybridized carbons (Fsp3) is 0.364. The highest BCUT2D eigenvalue weighted by molar-refractivity contribution is 7.13. The molecule has 104 valence electrons. The van der Waals surface area contributed by atoms with E-state index in [1.807, 2.05) is 0 Å². The van der Waals surface area contributed by atoms with Crippen LogP contribution in [0.5, 0.6) is 0 Å². The molecule has 1 aromatic rings. The summed E-state index contributed by atoms with van der Waals surface area (Å²) in [6.07, 6.45) is -0.126. The smallest absolute Gasteiger partial charge is 0.348 e. The largest absolute Gasteiger partial charge is 0.481 e. The van der Waals surface area contributed by atoms with Gasteiger partial charge in [0.1, 0.15) is 4.88 Å². The summed E-state index contributed by atoms with van der Waals surface area (Å²) in [5.41, 5.74) is 0. The molecule has 0 atom stereocenters. The average molecular weight is 286 g/mol. The van der Waals surface area contributed by atoms with Crippen LogP contribution in [0.1, 0.15) is 21.0 Å². The molecule has 0 saturated heterocycles. The number of rotatable bonds is 6. The first-order valence-electron chi connectivity index (χ1n) is 5.43. The Hall–Kier alpha value is -2.09. The van der Waals surface area contributed by atoms with Gasteiger partial charge >= 0.3 is 18.0 Å². The third-order valence-electron chi connectivity index (χ3n) is 2.10. The van der Waals surface area contributed by atoms with Crippen molar-refractivity contribution in [2.75, 3.05) is 13.7 Å². The Morgan fingerprint density at radius 3 is 2.68 bits per heavy atom. The summed E-state index contributed by atoms with van der Waals surface area (Å²) < 4.78 is 4.57. The van der Waals surface area contributed by atoms with Crippen LogP contribution in [-0.4, -0.2) is 36.7 Å². The van der Waals surface area contributed by atoms with Gasteiger partial charge in [0.05, 0.1) is 20.1 Å². The lowest BCUT2D eigenvalue weighted by Gasteiger charge is -2.04. The number of carboxylic acids is 1. The molecule has 7 nitrogen and oxygen atoms in total. The molecule has 3 N–H and O–H groups in total. The van der Waals surface area contributed by atoms with Crippen molar-refractivity contribution in [3.05, 3.63) is 21.9 Å². The number of nitrogens with one attached hydrogen (secondary N) is 2. The second-order valence-corrected chi connectivity index (χ2v) is 4.68. The maximum absolute atomic E-state index is 11.3. The monoisotopic (exact) mass is 286 g/mol. The van der Waals surface area contributed by atoms with Crippen LogP contribution in [0.25, 0.3) is 0 Å². The van der Waals surface area contributed by atoms with Gasteiger partial charge in [-0.1, -0.05) is 0 Å². The maximum Gasteiger partial charge on any atom is 0.348 e. The van der Waals surface area contributed by atoms with E-state index in [1.54, 1.807) is 12.1 Å². The Balaban J connectivity index is 2.32. The third kappa shape index (κ3) is 5.38. The van der Waals surface area contributed by atoms with Crippen LogP contribution >= 0.6 is 11.3 Å². The number of thiophene rings is 1. The molecule has 1 aromatic heterocycles. The second-order valence-electron chi connectivity index (χ2n) is 3.51. The Bertz CT molecular complexity index is 471. The first-order valence-corrected chi connectivity index (χ1v) is 6.25. The van der Waals surface area contributed by atoms with Crippen molar-refractivity contribution in [1.29, 1.82) is 0 Å². The van der Waals surface area contributed by atoms with Crippen molar-refractivity contribution in [3.8, 4) is 0 Å². The van der Waals surface area contributed by atoms with Gasteiger partial charge < -0.3 is 20.5 Å². The summed E-state index contributed by atoms with van der Waals surface area (Å²) in [5.74, 6) is -1.39. The van der Waals surface area contributed by atoms with Crippen molar-refractivity contribution in [1.82, 2.24) is 10.6 Å². The highest BCUT2D eigenvalue weighted by atomic mass is 32.1. The molecule has 0 saturated carbocycles. The SMILES string of the molecule is COC(=O)c1ccc(CNC(=O)NCCC(=O)O)s1. The van der Waals surface area contributed by atoms with Crippen LogP contribution in [-0.2, 0) is 16.1 Å². The van der Waals surface area contributed by atoms with Crippen LogP contribution < -0.4 is 10.6 Å². The minimum absolute atomic E-state index is 0.0685. The van der Waals surface area contributed by atoms with Crippen LogP contribution in [0.15, 0.2) is 12.1 Å². The fourth-order valence-electron chi connectivity index (χ4n) is 1.20. The lowest BCUT2D eigenvalue weighted by Crippen LogP contribution is -2.36. The maximum atomic E-state index is 11.3. The van der Waals surface area contributed by atoms with E-state index in [4.69, 9.17) is 5.11 Å². The Kier molecular flexibility index (Phi) is 5.80. The van der Waals surface area contributed by atoms with Crippen molar-refractivity contribution >= 4 is 29.3 Å². The lowest BCUT2D eigenvalue weighted by atomic mass is 10.4. The summed E-state index contributed by atoms with van der Waals surface area (Å²) in [6, 6.07) is 2.89. The molecule has 1 heterocycles. The normalized spacial score (nSPS) is 9.74. The zero-order valence-electron chi connectivity index (χ0n) is 10.3. The molecular weight excluding hydrogens is 272 g/mol. The third-order valence-corrected chi connectivity index (χ3v) is 3.16. The quantitative estimate of drug-likeness (QED) is 0.671. The number of aliphatic carboxylic acids is 1. The zero-order valence-corrected chi connectivity index (χ0v) is 11.1. The number of methoxy groups -OCH3 is 1. The molecule has 0 aliphatic carbocycles. The van der Waals surface area contributed by atoms with Gasteiger partial charge in [-0.3, -0.25) is 4.79 Å². The number of carbonyl (C=O) groups excluding carboxylic acids is 2. The minimum atomic E-state index is -0.971. The molecule has 1 rings (SSSR count). The number of hydrogen-bond acceptors (Lipinski definition) is 5. The average Bonchev–Trinajstić information content (AvgIpc) is 2.83. The number of esters is 1. The highest BCUT2D eigenvalue weighted by Crippen LogP contribution is 2.16. The van der Waals surface area contributed by atoms with Gasteiger partial charge in [0.2, 0.25) is 0 Å². The van der Waals surface area contributed by atoms with E-state index >= 15 is 0 Å². The molecule has 0 aromatic carbocycles. The van der Waals surface area contributed by atoms with Gasteiger partial charge in [0.25, 0.3) is 0 Å². The molecule has 0 spiro atoms. The molecular formula is C11H14N2O5S. The summed E-state index contributed by atoms with van der Waals surface area (Å²) >= 11 is 1.23. The standard InChI is InChI=1S/C11H14N2O5S/c1-18-10(16)8-3-2-7(19-8)6-13-11(17)12-5-4-9(14)15/h2-3H,4-6H2,1H3,(H,14,15)(H2,12,13,17). The molecule has 19 heavy (non-hydrogen) atoms. The number of urea groups is 1. The predicted octanol–water partition coefficient (Wildman–Crippen LogP) is 0.809. The lowest BCUT2D eigenvalue weighted by molar-refractivity contribution is -0.136. The van der Waals surface area contributed by atoms with Crippen molar-refractivity contribution in [2.24, 2.45) is 0 Å². The van der Waals surface area contributed by atoms with E-state index in [1.165, 1.54) is 18.4 Å². The molecule has 0 aliphatic rings. The van der Waals surface area contributed by atoms with E-state index in [0.717, 1.165) is 4.88 Å². The molecule has 0 fully saturated rings. The van der Waals surface area contributed by atoms with Gasteiger partial charge in [-0.25, -0.2) is 9.59 Å². The minimum Gasteiger partial charge on any atom is -0.481 e. The van der Waals surface area contributed by atoms with Gasteiger partial charge in [-0.15, -0.1) is 11.3 Å². The van der Waals surface area contributed by atoms with Gasteiger partial charge in [0.15, 0.2) is 0 Å². The topological polar surface area (TPSA) is 105 Å². The Morgan fingerprint density at radius 2 is 2.05 bits per heavy atom. The molecule has 0 unspecified atom stereocenters. The van der Waals surface area contributed by atoms with Gasteiger partial charge in [0, 0.05) is 11.4 Å². The summed E-state index contributed by atoms with van der Waals surface area (Å²) in [6.45, 7) is 0.333. The van der Waals surface area contributed by atoms with Crippen LogP contribution in [0, 0.1) is 0 Å². The van der Waals surface area contributed by atoms with E-state index in [0.29, 0.717) is 4.88 Å². The second kappa shape index (κ2) is 7.37. The van der Waals surface area contributed by atoms with E-state index in [-0.39, 0.29) is 19.5 Å². The summed E-state index contributed by atoms with van der Waals surface area (Å²) in [7, 11) is 1.30. The Labute approximate surface area is 113 Å². The zero-order chi connectivity index (χ0) is 14.3. The molecule has 8 heteroatoms. The Morgan fingerprint density at radius 1 is 1.32 bits per heavy atom. The van der Waals surface area contributed by atoms with Crippen molar-refractivity contribution in [3.63, 3.8) is 0 Å². The predicted molar refractivity (Wildman–Crippen MR) is 68.1 cm³/mol. The van der Waals surface area contributed by atoms with Crippen molar-refractivity contribution in [2.45, 2.75) is 13.0 Å². The molecule has 2 amide bonds. The van der Waals surface area contributed by atoms with Crippen molar-refractivity contribution < 1.29 is 24.2 Å². The number of carbonyl (C=O) groups is 3.